The average molecular weight is 278 g/mol. The van der Waals surface area contributed by atoms with Gasteiger partial charge >= 0.3 is 5.97 Å². The summed E-state index contributed by atoms with van der Waals surface area (Å²) in [6, 6.07) is 5.90. The number of anilines is 1. The standard InChI is InChI=1S/C13H14N2O3S/c1-8(16)18-9-6-15(7-9)13-14-12-10(17-2)4-3-5-11(12)19-13/h3-5,9H,6-7H2,1-2H3. The molecule has 5 nitrogen and oxygen atoms in total. The molecule has 100 valence electrons. The van der Waals surface area contributed by atoms with Crippen LogP contribution < -0.4 is 9.64 Å². The number of carbonyl (C=O) groups excluding carboxylic acids is 1. The number of rotatable bonds is 3. The normalized spacial score (nSPS) is 15.4. The van der Waals surface area contributed by atoms with Gasteiger partial charge < -0.3 is 14.4 Å². The molecule has 6 heteroatoms. The molecule has 0 unspecified atom stereocenters. The molecule has 1 aromatic carbocycles. The lowest BCUT2D eigenvalue weighted by molar-refractivity contribution is -0.147. The zero-order chi connectivity index (χ0) is 13.4. The number of methoxy groups -OCH3 is 1. The van der Waals surface area contributed by atoms with Gasteiger partial charge in [0.05, 0.1) is 24.9 Å². The second-order valence-electron chi connectivity index (χ2n) is 4.44. The number of thiazole rings is 1. The third kappa shape index (κ3) is 2.23. The predicted molar refractivity (Wildman–Crippen MR) is 73.9 cm³/mol. The van der Waals surface area contributed by atoms with Gasteiger partial charge in [-0.25, -0.2) is 4.98 Å². The molecule has 3 rings (SSSR count). The zero-order valence-electron chi connectivity index (χ0n) is 10.8. The van der Waals surface area contributed by atoms with Gasteiger partial charge in [0.25, 0.3) is 0 Å². The van der Waals surface area contributed by atoms with Crippen LogP contribution >= 0.6 is 11.3 Å². The minimum absolute atomic E-state index is 0.00796. The second-order valence-corrected chi connectivity index (χ2v) is 5.45. The quantitative estimate of drug-likeness (QED) is 0.804. The molecular formula is C13H14N2O3S. The highest BCUT2D eigenvalue weighted by Gasteiger charge is 2.31. The van der Waals surface area contributed by atoms with Crippen LogP contribution in [0.5, 0.6) is 5.75 Å². The van der Waals surface area contributed by atoms with Gasteiger partial charge in [-0.3, -0.25) is 4.79 Å². The maximum atomic E-state index is 10.8. The van der Waals surface area contributed by atoms with Crippen molar-refractivity contribution in [2.45, 2.75) is 13.0 Å². The highest BCUT2D eigenvalue weighted by molar-refractivity contribution is 7.22. The molecule has 0 bridgehead atoms. The lowest BCUT2D eigenvalue weighted by Crippen LogP contribution is -2.52. The number of esters is 1. The molecule has 2 aromatic rings. The van der Waals surface area contributed by atoms with Crippen molar-refractivity contribution >= 4 is 32.7 Å². The molecule has 0 saturated carbocycles. The number of ether oxygens (including phenoxy) is 2. The molecule has 0 amide bonds. The van der Waals surface area contributed by atoms with Crippen molar-refractivity contribution in [3.8, 4) is 5.75 Å². The summed E-state index contributed by atoms with van der Waals surface area (Å²) in [5.74, 6) is 0.563. The maximum absolute atomic E-state index is 10.8. The van der Waals surface area contributed by atoms with Gasteiger partial charge in [-0.2, -0.15) is 0 Å². The van der Waals surface area contributed by atoms with Crippen LogP contribution in [-0.2, 0) is 9.53 Å². The van der Waals surface area contributed by atoms with Crippen molar-refractivity contribution in [2.24, 2.45) is 0 Å². The number of benzene rings is 1. The highest BCUT2D eigenvalue weighted by atomic mass is 32.1. The van der Waals surface area contributed by atoms with Crippen LogP contribution in [0.15, 0.2) is 18.2 Å². The molecule has 2 heterocycles. The predicted octanol–water partition coefficient (Wildman–Crippen LogP) is 2.06. The van der Waals surface area contributed by atoms with Crippen molar-refractivity contribution in [1.29, 1.82) is 0 Å². The highest BCUT2D eigenvalue weighted by Crippen LogP contribution is 2.35. The first-order valence-electron chi connectivity index (χ1n) is 6.03. The Morgan fingerprint density at radius 1 is 1.47 bits per heavy atom. The van der Waals surface area contributed by atoms with Crippen LogP contribution in [0.25, 0.3) is 10.2 Å². The summed E-state index contributed by atoms with van der Waals surface area (Å²) in [7, 11) is 1.65. The smallest absolute Gasteiger partial charge is 0.303 e. The van der Waals surface area contributed by atoms with E-state index in [9.17, 15) is 4.79 Å². The van der Waals surface area contributed by atoms with Crippen LogP contribution in [0, 0.1) is 0 Å². The van der Waals surface area contributed by atoms with E-state index >= 15 is 0 Å². The first kappa shape index (κ1) is 12.2. The van der Waals surface area contributed by atoms with Crippen molar-refractivity contribution < 1.29 is 14.3 Å². The first-order chi connectivity index (χ1) is 9.17. The average Bonchev–Trinajstić information content (AvgIpc) is 2.75. The third-order valence-corrected chi connectivity index (χ3v) is 4.12. The number of nitrogens with zero attached hydrogens (tertiary/aromatic N) is 2. The Morgan fingerprint density at radius 2 is 2.26 bits per heavy atom. The van der Waals surface area contributed by atoms with E-state index in [4.69, 9.17) is 9.47 Å². The Morgan fingerprint density at radius 3 is 2.95 bits per heavy atom. The van der Waals surface area contributed by atoms with Crippen molar-refractivity contribution in [2.75, 3.05) is 25.1 Å². The Balaban J connectivity index is 1.78. The van der Waals surface area contributed by atoms with Crippen LogP contribution in [0.1, 0.15) is 6.92 Å². The van der Waals surface area contributed by atoms with Crippen molar-refractivity contribution in [3.63, 3.8) is 0 Å². The topological polar surface area (TPSA) is 51.7 Å². The lowest BCUT2D eigenvalue weighted by Gasteiger charge is -2.37. The van der Waals surface area contributed by atoms with Gasteiger partial charge in [0.15, 0.2) is 5.13 Å². The molecule has 0 spiro atoms. The van der Waals surface area contributed by atoms with Crippen LogP contribution in [-0.4, -0.2) is 37.3 Å². The number of hydrogen-bond donors (Lipinski definition) is 0. The largest absolute Gasteiger partial charge is 0.494 e. The summed E-state index contributed by atoms with van der Waals surface area (Å²) < 4.78 is 11.5. The van der Waals surface area contributed by atoms with Gasteiger partial charge in [0, 0.05) is 6.92 Å². The van der Waals surface area contributed by atoms with Gasteiger partial charge in [-0.05, 0) is 12.1 Å². The van der Waals surface area contributed by atoms with E-state index in [0.717, 1.165) is 21.1 Å². The number of carbonyl (C=O) groups is 1. The number of para-hydroxylation sites is 1. The molecule has 1 fully saturated rings. The number of hydrogen-bond acceptors (Lipinski definition) is 6. The molecule has 0 radical (unpaired) electrons. The van der Waals surface area contributed by atoms with E-state index in [1.807, 2.05) is 18.2 Å². The molecule has 1 aliphatic rings. The fourth-order valence-electron chi connectivity index (χ4n) is 2.12. The molecule has 0 atom stereocenters. The molecule has 0 N–H and O–H groups in total. The summed E-state index contributed by atoms with van der Waals surface area (Å²) >= 11 is 1.63. The van der Waals surface area contributed by atoms with Gasteiger partial charge in [0.1, 0.15) is 17.4 Å². The fourth-order valence-corrected chi connectivity index (χ4v) is 3.12. The summed E-state index contributed by atoms with van der Waals surface area (Å²) in [6.07, 6.45) is -0.00796. The van der Waals surface area contributed by atoms with E-state index < -0.39 is 0 Å². The molecule has 1 aliphatic heterocycles. The van der Waals surface area contributed by atoms with Crippen LogP contribution in [0.2, 0.25) is 0 Å². The minimum atomic E-state index is -0.226. The minimum Gasteiger partial charge on any atom is -0.494 e. The molecular weight excluding hydrogens is 264 g/mol. The van der Waals surface area contributed by atoms with Crippen molar-refractivity contribution in [3.05, 3.63) is 18.2 Å². The number of aromatic nitrogens is 1. The molecule has 19 heavy (non-hydrogen) atoms. The zero-order valence-corrected chi connectivity index (χ0v) is 11.6. The van der Waals surface area contributed by atoms with E-state index in [1.54, 1.807) is 18.4 Å². The Labute approximate surface area is 114 Å². The maximum Gasteiger partial charge on any atom is 0.303 e. The number of fused-ring (bicyclic) bond motifs is 1. The van der Waals surface area contributed by atoms with E-state index in [1.165, 1.54) is 6.92 Å². The second kappa shape index (κ2) is 4.70. The van der Waals surface area contributed by atoms with Crippen LogP contribution in [0.4, 0.5) is 5.13 Å². The Bertz CT molecular complexity index is 619. The van der Waals surface area contributed by atoms with E-state index in [-0.39, 0.29) is 12.1 Å². The summed E-state index contributed by atoms with van der Waals surface area (Å²) in [6.45, 7) is 2.86. The summed E-state index contributed by atoms with van der Waals surface area (Å²) in [5.41, 5.74) is 0.890. The molecule has 0 aliphatic carbocycles. The van der Waals surface area contributed by atoms with Crippen molar-refractivity contribution in [1.82, 2.24) is 4.98 Å². The van der Waals surface area contributed by atoms with E-state index in [2.05, 4.69) is 9.88 Å². The van der Waals surface area contributed by atoms with Gasteiger partial charge in [-0.15, -0.1) is 0 Å². The molecule has 1 saturated heterocycles. The van der Waals surface area contributed by atoms with Gasteiger partial charge in [0.2, 0.25) is 0 Å². The first-order valence-corrected chi connectivity index (χ1v) is 6.84. The summed E-state index contributed by atoms with van der Waals surface area (Å²) in [5, 5.41) is 0.947. The Hall–Kier alpha value is -1.82. The SMILES string of the molecule is COc1cccc2sc(N3CC(OC(C)=O)C3)nc12. The fraction of sp³-hybridized carbons (Fsp3) is 0.385. The lowest BCUT2D eigenvalue weighted by atomic mass is 10.2. The Kier molecular flexibility index (Phi) is 3.02. The summed E-state index contributed by atoms with van der Waals surface area (Å²) in [4.78, 5) is 17.6. The van der Waals surface area contributed by atoms with E-state index in [0.29, 0.717) is 13.1 Å². The van der Waals surface area contributed by atoms with Gasteiger partial charge in [-0.1, -0.05) is 17.4 Å². The monoisotopic (exact) mass is 278 g/mol. The van der Waals surface area contributed by atoms with Crippen LogP contribution in [0.3, 0.4) is 0 Å². The molecule has 1 aromatic heterocycles. The third-order valence-electron chi connectivity index (χ3n) is 3.04.